The van der Waals surface area contributed by atoms with Crippen LogP contribution in [0.15, 0.2) is 30.6 Å². The molecule has 1 aromatic carbocycles. The van der Waals surface area contributed by atoms with Crippen molar-refractivity contribution in [3.8, 4) is 5.88 Å². The van der Waals surface area contributed by atoms with Crippen LogP contribution in [0.2, 0.25) is 0 Å². The number of carbonyl (C=O) groups excluding carboxylic acids is 1. The number of hydrogen-bond donors (Lipinski definition) is 2. The molecule has 1 fully saturated rings. The monoisotopic (exact) mass is 420 g/mol. The molecule has 0 spiro atoms. The van der Waals surface area contributed by atoms with Crippen LogP contribution in [0, 0.1) is 11.6 Å². The summed E-state index contributed by atoms with van der Waals surface area (Å²) in [6, 6.07) is 3.94. The van der Waals surface area contributed by atoms with E-state index in [1.165, 1.54) is 42.2 Å². The van der Waals surface area contributed by atoms with Crippen molar-refractivity contribution in [1.29, 1.82) is 0 Å². The van der Waals surface area contributed by atoms with Gasteiger partial charge in [0.1, 0.15) is 11.4 Å². The SMILES string of the molecule is COc1cc2ncc(NC(=O)c3c(F)ccc(NSN4CCCC4)c3F)cn2n1. The van der Waals surface area contributed by atoms with Gasteiger partial charge in [0.2, 0.25) is 5.88 Å². The number of methoxy groups -OCH3 is 1. The molecule has 0 unspecified atom stereocenters. The zero-order valence-electron chi connectivity index (χ0n) is 15.5. The minimum Gasteiger partial charge on any atom is -0.480 e. The largest absolute Gasteiger partial charge is 0.480 e. The lowest BCUT2D eigenvalue weighted by Crippen LogP contribution is -2.18. The minimum absolute atomic E-state index is 0.0406. The summed E-state index contributed by atoms with van der Waals surface area (Å²) in [5, 5.41) is 6.55. The summed E-state index contributed by atoms with van der Waals surface area (Å²) in [4.78, 5) is 16.7. The second kappa shape index (κ2) is 8.21. The van der Waals surface area contributed by atoms with E-state index in [-0.39, 0.29) is 11.4 Å². The number of rotatable bonds is 6. The zero-order chi connectivity index (χ0) is 20.4. The molecule has 1 saturated heterocycles. The first-order valence-corrected chi connectivity index (χ1v) is 9.69. The van der Waals surface area contributed by atoms with E-state index < -0.39 is 23.1 Å². The minimum atomic E-state index is -0.955. The number of amides is 1. The van der Waals surface area contributed by atoms with Crippen molar-refractivity contribution in [1.82, 2.24) is 18.9 Å². The van der Waals surface area contributed by atoms with E-state index in [0.717, 1.165) is 32.0 Å². The Hall–Kier alpha value is -2.92. The summed E-state index contributed by atoms with van der Waals surface area (Å²) in [5.74, 6) is -2.47. The van der Waals surface area contributed by atoms with Crippen molar-refractivity contribution in [2.24, 2.45) is 0 Å². The average molecular weight is 420 g/mol. The molecule has 3 heterocycles. The van der Waals surface area contributed by atoms with Gasteiger partial charge in [-0.3, -0.25) is 4.79 Å². The normalized spacial score (nSPS) is 14.3. The Bertz CT molecular complexity index is 1050. The standard InChI is InChI=1S/C18H18F2N6O2S/c1-28-15-8-14-21-9-11(10-26(14)23-15)22-18(27)16-12(19)4-5-13(17(16)20)24-29-25-6-2-3-7-25/h4-5,8-10,24H,2-3,6-7H2,1H3,(H,22,27). The number of nitrogens with zero attached hydrogens (tertiary/aromatic N) is 4. The number of fused-ring (bicyclic) bond motifs is 1. The maximum Gasteiger partial charge on any atom is 0.261 e. The molecule has 0 saturated carbocycles. The molecule has 0 bridgehead atoms. The smallest absolute Gasteiger partial charge is 0.261 e. The van der Waals surface area contributed by atoms with Gasteiger partial charge in [0.25, 0.3) is 5.91 Å². The van der Waals surface area contributed by atoms with Crippen LogP contribution in [-0.2, 0) is 0 Å². The Morgan fingerprint density at radius 2 is 2.07 bits per heavy atom. The lowest BCUT2D eigenvalue weighted by molar-refractivity contribution is 0.101. The Labute approximate surface area is 169 Å². The molecular weight excluding hydrogens is 402 g/mol. The van der Waals surface area contributed by atoms with E-state index in [2.05, 4.69) is 20.1 Å². The van der Waals surface area contributed by atoms with Crippen LogP contribution in [0.1, 0.15) is 23.2 Å². The molecule has 29 heavy (non-hydrogen) atoms. The summed E-state index contributed by atoms with van der Waals surface area (Å²) in [6.07, 6.45) is 5.00. The lowest BCUT2D eigenvalue weighted by atomic mass is 10.1. The number of nitrogens with one attached hydrogen (secondary N) is 2. The van der Waals surface area contributed by atoms with Gasteiger partial charge in [-0.25, -0.2) is 22.6 Å². The molecule has 3 aromatic rings. The highest BCUT2D eigenvalue weighted by atomic mass is 32.2. The van der Waals surface area contributed by atoms with E-state index in [9.17, 15) is 13.6 Å². The first-order valence-electron chi connectivity index (χ1n) is 8.92. The maximum absolute atomic E-state index is 14.8. The van der Waals surface area contributed by atoms with E-state index >= 15 is 0 Å². The molecule has 4 rings (SSSR count). The van der Waals surface area contributed by atoms with E-state index in [1.54, 1.807) is 6.07 Å². The van der Waals surface area contributed by atoms with Crippen LogP contribution in [-0.4, -0.2) is 45.0 Å². The first kappa shape index (κ1) is 19.4. The number of benzene rings is 1. The van der Waals surface area contributed by atoms with Gasteiger partial charge in [0.15, 0.2) is 11.5 Å². The van der Waals surface area contributed by atoms with Crippen LogP contribution < -0.4 is 14.8 Å². The second-order valence-electron chi connectivity index (χ2n) is 6.40. The Morgan fingerprint density at radius 3 is 2.83 bits per heavy atom. The van der Waals surface area contributed by atoms with Crippen molar-refractivity contribution in [3.63, 3.8) is 0 Å². The lowest BCUT2D eigenvalue weighted by Gasteiger charge is -2.16. The number of aromatic nitrogens is 3. The van der Waals surface area contributed by atoms with Gasteiger partial charge in [0, 0.05) is 31.3 Å². The molecule has 2 N–H and O–H groups in total. The third kappa shape index (κ3) is 4.10. The molecule has 8 nitrogen and oxygen atoms in total. The molecule has 0 aliphatic carbocycles. The Morgan fingerprint density at radius 1 is 1.28 bits per heavy atom. The molecule has 0 atom stereocenters. The molecular formula is C18H18F2N6O2S. The zero-order valence-corrected chi connectivity index (χ0v) is 16.3. The van der Waals surface area contributed by atoms with Crippen LogP contribution in [0.3, 0.4) is 0 Å². The number of carbonyl (C=O) groups is 1. The fourth-order valence-corrected chi connectivity index (χ4v) is 3.77. The average Bonchev–Trinajstić information content (AvgIpc) is 3.36. The van der Waals surface area contributed by atoms with Gasteiger partial charge in [-0.2, -0.15) is 0 Å². The van der Waals surface area contributed by atoms with E-state index in [1.807, 2.05) is 4.31 Å². The molecule has 11 heteroatoms. The molecule has 152 valence electrons. The molecule has 1 amide bonds. The van der Waals surface area contributed by atoms with Crippen molar-refractivity contribution >= 4 is 35.1 Å². The summed E-state index contributed by atoms with van der Waals surface area (Å²) in [5.41, 5.74) is 0.105. The number of anilines is 2. The highest BCUT2D eigenvalue weighted by molar-refractivity contribution is 7.98. The van der Waals surface area contributed by atoms with Gasteiger partial charge >= 0.3 is 0 Å². The molecule has 0 radical (unpaired) electrons. The Balaban J connectivity index is 1.53. The number of ether oxygens (including phenoxy) is 1. The summed E-state index contributed by atoms with van der Waals surface area (Å²) >= 11 is 1.24. The fraction of sp³-hybridized carbons (Fsp3) is 0.278. The third-order valence-electron chi connectivity index (χ3n) is 4.43. The topological polar surface area (TPSA) is 83.8 Å². The maximum atomic E-state index is 14.8. The third-order valence-corrected chi connectivity index (χ3v) is 5.36. The number of hydrogen-bond acceptors (Lipinski definition) is 7. The quantitative estimate of drug-likeness (QED) is 0.592. The van der Waals surface area contributed by atoms with Gasteiger partial charge < -0.3 is 14.8 Å². The van der Waals surface area contributed by atoms with Gasteiger partial charge in [-0.1, -0.05) is 0 Å². The molecule has 1 aliphatic rings. The van der Waals surface area contributed by atoms with Crippen molar-refractivity contribution < 1.29 is 18.3 Å². The van der Waals surface area contributed by atoms with Gasteiger partial charge in [-0.05, 0) is 25.0 Å². The second-order valence-corrected chi connectivity index (χ2v) is 7.30. The van der Waals surface area contributed by atoms with Gasteiger partial charge in [-0.15, -0.1) is 5.10 Å². The number of halogens is 2. The highest BCUT2D eigenvalue weighted by Crippen LogP contribution is 2.27. The fourth-order valence-electron chi connectivity index (χ4n) is 2.95. The van der Waals surface area contributed by atoms with Crippen LogP contribution in [0.5, 0.6) is 5.88 Å². The summed E-state index contributed by atoms with van der Waals surface area (Å²) in [6.45, 7) is 1.78. The predicted octanol–water partition coefficient (Wildman–Crippen LogP) is 3.34. The summed E-state index contributed by atoms with van der Waals surface area (Å²) < 4.78 is 40.4. The molecule has 1 aliphatic heterocycles. The van der Waals surface area contributed by atoms with Crippen molar-refractivity contribution in [2.45, 2.75) is 12.8 Å². The van der Waals surface area contributed by atoms with Crippen molar-refractivity contribution in [2.75, 3.05) is 30.2 Å². The van der Waals surface area contributed by atoms with E-state index in [4.69, 9.17) is 4.74 Å². The van der Waals surface area contributed by atoms with Crippen molar-refractivity contribution in [3.05, 3.63) is 47.8 Å². The van der Waals surface area contributed by atoms with Crippen LogP contribution in [0.4, 0.5) is 20.2 Å². The first-order chi connectivity index (χ1) is 14.0. The summed E-state index contributed by atoms with van der Waals surface area (Å²) in [7, 11) is 1.47. The van der Waals surface area contributed by atoms with E-state index in [0.29, 0.717) is 11.5 Å². The van der Waals surface area contributed by atoms with Crippen LogP contribution in [0.25, 0.3) is 5.65 Å². The Kier molecular flexibility index (Phi) is 5.49. The predicted molar refractivity (Wildman–Crippen MR) is 106 cm³/mol. The van der Waals surface area contributed by atoms with Gasteiger partial charge in [0.05, 0.1) is 30.9 Å². The molecule has 2 aromatic heterocycles. The van der Waals surface area contributed by atoms with Crippen LogP contribution >= 0.6 is 12.1 Å². The highest BCUT2D eigenvalue weighted by Gasteiger charge is 2.22.